The monoisotopic (exact) mass is 206 g/mol. The van der Waals surface area contributed by atoms with Crippen molar-refractivity contribution < 1.29 is 4.39 Å². The summed E-state index contributed by atoms with van der Waals surface area (Å²) in [5.74, 6) is 0.0292. The molecule has 0 saturated carbocycles. The topological polar surface area (TPSA) is 55.9 Å². The highest BCUT2D eigenvalue weighted by atomic mass is 19.1. The summed E-state index contributed by atoms with van der Waals surface area (Å²) < 4.78 is 14.9. The Morgan fingerprint density at radius 3 is 2.67 bits per heavy atom. The number of nitrogens with one attached hydrogen (secondary N) is 1. The van der Waals surface area contributed by atoms with Gasteiger partial charge in [-0.05, 0) is 12.1 Å². The Kier molecular flexibility index (Phi) is 2.29. The number of anilines is 3. The van der Waals surface area contributed by atoms with Gasteiger partial charge in [-0.2, -0.15) is 5.10 Å². The molecule has 5 heteroatoms. The average Bonchev–Trinajstić information content (AvgIpc) is 2.49. The third kappa shape index (κ3) is 1.90. The van der Waals surface area contributed by atoms with Crippen molar-refractivity contribution in [3.05, 3.63) is 36.3 Å². The number of rotatable bonds is 2. The molecule has 4 nitrogen and oxygen atoms in total. The second-order valence-corrected chi connectivity index (χ2v) is 3.21. The van der Waals surface area contributed by atoms with E-state index in [1.54, 1.807) is 36.1 Å². The molecule has 15 heavy (non-hydrogen) atoms. The maximum atomic E-state index is 13.3. The molecule has 2 rings (SSSR count). The lowest BCUT2D eigenvalue weighted by molar-refractivity contribution is 0.632. The number of nitrogens with zero attached hydrogens (tertiary/aromatic N) is 2. The van der Waals surface area contributed by atoms with E-state index in [0.29, 0.717) is 17.2 Å². The molecule has 0 aliphatic heterocycles. The standard InChI is InChI=1S/C10H11FN4/c1-15-6-9(10(12)14-15)13-8-5-3-2-4-7(8)11/h2-6,13H,1H3,(H2,12,14). The first-order valence-corrected chi connectivity index (χ1v) is 4.47. The number of aromatic nitrogens is 2. The predicted molar refractivity (Wildman–Crippen MR) is 57.3 cm³/mol. The minimum Gasteiger partial charge on any atom is -0.380 e. The average molecular weight is 206 g/mol. The Balaban J connectivity index is 2.29. The number of hydrogen-bond donors (Lipinski definition) is 2. The molecule has 0 spiro atoms. The first-order valence-electron chi connectivity index (χ1n) is 4.47. The van der Waals surface area contributed by atoms with Gasteiger partial charge in [0.25, 0.3) is 0 Å². The lowest BCUT2D eigenvalue weighted by atomic mass is 10.3. The molecule has 0 aliphatic carbocycles. The Hall–Kier alpha value is -2.04. The summed E-state index contributed by atoms with van der Waals surface area (Å²) >= 11 is 0. The van der Waals surface area contributed by atoms with Crippen LogP contribution in [0.2, 0.25) is 0 Å². The van der Waals surface area contributed by atoms with Crippen LogP contribution < -0.4 is 11.1 Å². The van der Waals surface area contributed by atoms with Crippen molar-refractivity contribution in [3.8, 4) is 0 Å². The summed E-state index contributed by atoms with van der Waals surface area (Å²) in [5, 5.41) is 6.82. The van der Waals surface area contributed by atoms with Gasteiger partial charge in [-0.1, -0.05) is 12.1 Å². The molecule has 0 atom stereocenters. The molecular formula is C10H11FN4. The zero-order valence-corrected chi connectivity index (χ0v) is 8.24. The molecular weight excluding hydrogens is 195 g/mol. The lowest BCUT2D eigenvalue weighted by Crippen LogP contribution is -1.95. The van der Waals surface area contributed by atoms with Gasteiger partial charge in [-0.25, -0.2) is 4.39 Å². The molecule has 0 aliphatic rings. The molecule has 2 aromatic rings. The van der Waals surface area contributed by atoms with Crippen molar-refractivity contribution in [1.29, 1.82) is 0 Å². The molecule has 3 N–H and O–H groups in total. The molecule has 1 aromatic heterocycles. The molecule has 0 radical (unpaired) electrons. The van der Waals surface area contributed by atoms with Crippen LogP contribution in [0.5, 0.6) is 0 Å². The van der Waals surface area contributed by atoms with Gasteiger partial charge in [-0.15, -0.1) is 0 Å². The van der Waals surface area contributed by atoms with Crippen LogP contribution in [0.15, 0.2) is 30.5 Å². The number of aryl methyl sites for hydroxylation is 1. The highest BCUT2D eigenvalue weighted by Crippen LogP contribution is 2.22. The fourth-order valence-electron chi connectivity index (χ4n) is 1.31. The van der Waals surface area contributed by atoms with E-state index >= 15 is 0 Å². The second-order valence-electron chi connectivity index (χ2n) is 3.21. The van der Waals surface area contributed by atoms with E-state index in [-0.39, 0.29) is 5.82 Å². The van der Waals surface area contributed by atoms with E-state index in [1.807, 2.05) is 0 Å². The summed E-state index contributed by atoms with van der Waals surface area (Å²) in [6.07, 6.45) is 1.70. The van der Waals surface area contributed by atoms with Crippen molar-refractivity contribution in [2.24, 2.45) is 7.05 Å². The normalized spacial score (nSPS) is 10.3. The number of nitrogens with two attached hydrogens (primary N) is 1. The van der Waals surface area contributed by atoms with E-state index in [9.17, 15) is 4.39 Å². The van der Waals surface area contributed by atoms with Crippen LogP contribution in [0.25, 0.3) is 0 Å². The van der Waals surface area contributed by atoms with Gasteiger partial charge in [0.15, 0.2) is 5.82 Å². The van der Waals surface area contributed by atoms with Crippen LogP contribution in [0.4, 0.5) is 21.6 Å². The van der Waals surface area contributed by atoms with Gasteiger partial charge in [-0.3, -0.25) is 4.68 Å². The molecule has 78 valence electrons. The summed E-state index contributed by atoms with van der Waals surface area (Å²) in [6.45, 7) is 0. The third-order valence-corrected chi connectivity index (χ3v) is 2.00. The van der Waals surface area contributed by atoms with Crippen LogP contribution >= 0.6 is 0 Å². The quantitative estimate of drug-likeness (QED) is 0.788. The molecule has 1 aromatic carbocycles. The minimum atomic E-state index is -0.319. The molecule has 0 unspecified atom stereocenters. The molecule has 0 amide bonds. The third-order valence-electron chi connectivity index (χ3n) is 2.00. The van der Waals surface area contributed by atoms with E-state index in [2.05, 4.69) is 10.4 Å². The molecule has 1 heterocycles. The van der Waals surface area contributed by atoms with E-state index in [0.717, 1.165) is 0 Å². The minimum absolute atomic E-state index is 0.319. The van der Waals surface area contributed by atoms with Crippen LogP contribution in [0.3, 0.4) is 0 Å². The summed E-state index contributed by atoms with van der Waals surface area (Å²) in [5.41, 5.74) is 6.61. The van der Waals surface area contributed by atoms with Crippen molar-refractivity contribution in [2.75, 3.05) is 11.1 Å². The van der Waals surface area contributed by atoms with Gasteiger partial charge in [0, 0.05) is 7.05 Å². The Labute approximate surface area is 86.5 Å². The Morgan fingerprint density at radius 1 is 1.33 bits per heavy atom. The SMILES string of the molecule is Cn1cc(Nc2ccccc2F)c(N)n1. The summed E-state index contributed by atoms with van der Waals surface area (Å²) in [7, 11) is 1.75. The van der Waals surface area contributed by atoms with Gasteiger partial charge < -0.3 is 11.1 Å². The lowest BCUT2D eigenvalue weighted by Gasteiger charge is -2.04. The smallest absolute Gasteiger partial charge is 0.169 e. The first kappa shape index (κ1) is 9.51. The maximum Gasteiger partial charge on any atom is 0.169 e. The highest BCUT2D eigenvalue weighted by molar-refractivity contribution is 5.69. The summed E-state index contributed by atoms with van der Waals surface area (Å²) in [6, 6.07) is 6.40. The van der Waals surface area contributed by atoms with Gasteiger partial charge in [0.05, 0.1) is 11.9 Å². The van der Waals surface area contributed by atoms with Crippen LogP contribution in [-0.4, -0.2) is 9.78 Å². The van der Waals surface area contributed by atoms with Gasteiger partial charge in [0.2, 0.25) is 0 Å². The zero-order chi connectivity index (χ0) is 10.8. The van der Waals surface area contributed by atoms with Gasteiger partial charge in [0.1, 0.15) is 11.5 Å². The zero-order valence-electron chi connectivity index (χ0n) is 8.24. The van der Waals surface area contributed by atoms with Crippen LogP contribution in [0, 0.1) is 5.82 Å². The Bertz CT molecular complexity index is 478. The van der Waals surface area contributed by atoms with Crippen molar-refractivity contribution in [3.63, 3.8) is 0 Å². The molecule has 0 saturated heterocycles. The van der Waals surface area contributed by atoms with Gasteiger partial charge >= 0.3 is 0 Å². The number of benzene rings is 1. The van der Waals surface area contributed by atoms with E-state index < -0.39 is 0 Å². The highest BCUT2D eigenvalue weighted by Gasteiger charge is 2.06. The van der Waals surface area contributed by atoms with E-state index in [4.69, 9.17) is 5.73 Å². The number of para-hydroxylation sites is 1. The number of hydrogen-bond acceptors (Lipinski definition) is 3. The van der Waals surface area contributed by atoms with E-state index in [1.165, 1.54) is 6.07 Å². The number of halogens is 1. The number of nitrogen functional groups attached to an aromatic ring is 1. The Morgan fingerprint density at radius 2 is 2.07 bits per heavy atom. The summed E-state index contributed by atoms with van der Waals surface area (Å²) in [4.78, 5) is 0. The fraction of sp³-hybridized carbons (Fsp3) is 0.100. The largest absolute Gasteiger partial charge is 0.380 e. The van der Waals surface area contributed by atoms with Crippen LogP contribution in [-0.2, 0) is 7.05 Å². The van der Waals surface area contributed by atoms with Crippen LogP contribution in [0.1, 0.15) is 0 Å². The molecule has 0 bridgehead atoms. The van der Waals surface area contributed by atoms with Crippen molar-refractivity contribution in [2.45, 2.75) is 0 Å². The van der Waals surface area contributed by atoms with Crippen molar-refractivity contribution in [1.82, 2.24) is 9.78 Å². The fourth-order valence-corrected chi connectivity index (χ4v) is 1.31. The van der Waals surface area contributed by atoms with Crippen molar-refractivity contribution >= 4 is 17.2 Å². The second kappa shape index (κ2) is 3.61. The molecule has 0 fully saturated rings. The predicted octanol–water partition coefficient (Wildman–Crippen LogP) is 1.88. The maximum absolute atomic E-state index is 13.3. The first-order chi connectivity index (χ1) is 7.16.